The van der Waals surface area contributed by atoms with Gasteiger partial charge in [0.1, 0.15) is 11.4 Å². The van der Waals surface area contributed by atoms with Crippen LogP contribution in [0.2, 0.25) is 0 Å². The van der Waals surface area contributed by atoms with Crippen molar-refractivity contribution in [3.8, 4) is 21.8 Å². The summed E-state index contributed by atoms with van der Waals surface area (Å²) in [6.07, 6.45) is 8.97. The zero-order chi connectivity index (χ0) is 29.7. The molecule has 9 heteroatoms. The highest BCUT2D eigenvalue weighted by atomic mass is 32.1. The summed E-state index contributed by atoms with van der Waals surface area (Å²) in [5, 5.41) is 12.0. The van der Waals surface area contributed by atoms with Crippen molar-refractivity contribution in [1.82, 2.24) is 19.4 Å². The molecule has 0 unspecified atom stereocenters. The lowest BCUT2D eigenvalue weighted by atomic mass is 9.83. The van der Waals surface area contributed by atoms with E-state index in [1.54, 1.807) is 17.4 Å². The molecule has 2 fully saturated rings. The summed E-state index contributed by atoms with van der Waals surface area (Å²) in [5.41, 5.74) is 7.06. The molecular weight excluding hydrogens is 577 g/mol. The van der Waals surface area contributed by atoms with Crippen LogP contribution in [0.1, 0.15) is 83.2 Å². The maximum atomic E-state index is 13.7. The largest absolute Gasteiger partial charge is 0.477 e. The molecule has 1 aromatic carbocycles. The van der Waals surface area contributed by atoms with Gasteiger partial charge in [-0.15, -0.1) is 22.7 Å². The van der Waals surface area contributed by atoms with E-state index in [9.17, 15) is 14.7 Å². The van der Waals surface area contributed by atoms with E-state index >= 15 is 0 Å². The molecule has 1 aliphatic heterocycles. The van der Waals surface area contributed by atoms with Gasteiger partial charge in [-0.25, -0.2) is 14.8 Å². The number of carboxylic acids is 1. The number of thiophene rings is 1. The number of likely N-dealkylation sites (tertiary alicyclic amines) is 1. The minimum Gasteiger partial charge on any atom is -0.477 e. The Balaban J connectivity index is 1.39. The number of benzene rings is 1. The van der Waals surface area contributed by atoms with Gasteiger partial charge in [0.15, 0.2) is 0 Å². The van der Waals surface area contributed by atoms with Gasteiger partial charge in [-0.2, -0.15) is 0 Å². The fourth-order valence-electron chi connectivity index (χ4n) is 7.05. The molecule has 7 rings (SSSR count). The topological polar surface area (TPSA) is 88.3 Å². The molecule has 0 radical (unpaired) electrons. The number of carbonyl (C=O) groups is 2. The second kappa shape index (κ2) is 11.5. The van der Waals surface area contributed by atoms with E-state index in [4.69, 9.17) is 4.98 Å². The van der Waals surface area contributed by atoms with Crippen LogP contribution in [-0.2, 0) is 11.3 Å². The number of thiazole rings is 1. The number of amides is 1. The van der Waals surface area contributed by atoms with Crippen LogP contribution in [0.25, 0.3) is 42.9 Å². The average Bonchev–Trinajstić information content (AvgIpc) is 3.69. The number of hydrogen-bond donors (Lipinski definition) is 1. The van der Waals surface area contributed by atoms with Crippen molar-refractivity contribution in [2.24, 2.45) is 0 Å². The van der Waals surface area contributed by atoms with Crippen LogP contribution < -0.4 is 0 Å². The summed E-state index contributed by atoms with van der Waals surface area (Å²) in [4.78, 5) is 38.8. The Morgan fingerprint density at radius 1 is 0.930 bits per heavy atom. The molecule has 1 aliphatic carbocycles. The minimum atomic E-state index is -0.912. The highest BCUT2D eigenvalue weighted by Gasteiger charge is 2.30. The third kappa shape index (κ3) is 5.27. The second-order valence-corrected chi connectivity index (χ2v) is 14.3. The number of aryl methyl sites for hydroxylation is 2. The first-order valence-corrected chi connectivity index (χ1v) is 17.0. The molecule has 4 aromatic heterocycles. The molecule has 43 heavy (non-hydrogen) atoms. The summed E-state index contributed by atoms with van der Waals surface area (Å²) in [6.45, 7) is 5.85. The van der Waals surface area contributed by atoms with Crippen LogP contribution in [0.3, 0.4) is 0 Å². The number of carbonyl (C=O) groups excluding carboxylic acids is 1. The molecule has 1 amide bonds. The van der Waals surface area contributed by atoms with E-state index in [0.29, 0.717) is 10.8 Å². The lowest BCUT2D eigenvalue weighted by Crippen LogP contribution is -2.37. The summed E-state index contributed by atoms with van der Waals surface area (Å²) in [5.74, 6) is -0.463. The third-order valence-electron chi connectivity index (χ3n) is 9.10. The molecule has 1 N–H and O–H groups in total. The maximum Gasteiger partial charge on any atom is 0.345 e. The molecule has 2 aliphatic rings. The van der Waals surface area contributed by atoms with Crippen molar-refractivity contribution >= 4 is 55.7 Å². The van der Waals surface area contributed by atoms with Crippen LogP contribution in [0.5, 0.6) is 0 Å². The number of nitrogens with zero attached hydrogens (tertiary/aromatic N) is 4. The van der Waals surface area contributed by atoms with Crippen LogP contribution in [-0.4, -0.2) is 49.5 Å². The fourth-order valence-corrected chi connectivity index (χ4v) is 9.06. The molecular formula is C34H36N4O3S2. The summed E-state index contributed by atoms with van der Waals surface area (Å²) < 4.78 is 3.15. The van der Waals surface area contributed by atoms with Crippen molar-refractivity contribution in [3.05, 3.63) is 57.5 Å². The summed E-state index contributed by atoms with van der Waals surface area (Å²) in [6, 6.07) is 12.4. The molecule has 1 saturated carbocycles. The van der Waals surface area contributed by atoms with Crippen molar-refractivity contribution < 1.29 is 14.7 Å². The minimum absolute atomic E-state index is 0.110. The SMILES string of the molecule is Cc1nc(C)c(-c2ccc3cc(-c4c(C5CCCCC5)c5sc(C(=O)O)cc5n4CC(=O)N4CCCCC4)ccc3n2)s1. The standard InChI is InChI=1S/C34H36N4O3S2/c1-20-32(42-21(2)35-20)26-14-11-23-17-24(12-13-25(23)36-26)31-30(22-9-5-3-6-10-22)33-27(18-28(43-33)34(40)41)38(31)19-29(39)37-15-7-4-8-16-37/h11-14,17-18,22H,3-10,15-16,19H2,1-2H3,(H,40,41). The third-order valence-corrected chi connectivity index (χ3v) is 11.3. The van der Waals surface area contributed by atoms with Crippen LogP contribution in [0.4, 0.5) is 0 Å². The number of piperidine rings is 1. The van der Waals surface area contributed by atoms with Crippen LogP contribution in [0, 0.1) is 13.8 Å². The molecule has 5 aromatic rings. The number of rotatable bonds is 6. The first-order valence-electron chi connectivity index (χ1n) is 15.4. The Morgan fingerprint density at radius 3 is 2.42 bits per heavy atom. The first-order chi connectivity index (χ1) is 20.9. The maximum absolute atomic E-state index is 13.7. The van der Waals surface area contributed by atoms with Gasteiger partial charge in [-0.3, -0.25) is 4.79 Å². The molecule has 0 atom stereocenters. The fraction of sp³-hybridized carbons (Fsp3) is 0.412. The van der Waals surface area contributed by atoms with Crippen LogP contribution in [0.15, 0.2) is 36.4 Å². The van der Waals surface area contributed by atoms with Gasteiger partial charge in [0.25, 0.3) is 0 Å². The summed E-state index contributed by atoms with van der Waals surface area (Å²) in [7, 11) is 0. The Hall–Kier alpha value is -3.56. The first kappa shape index (κ1) is 28.2. The van der Waals surface area contributed by atoms with Crippen molar-refractivity contribution in [2.45, 2.75) is 77.7 Å². The number of carboxylic acid groups (broad SMARTS) is 1. The number of pyridine rings is 1. The van der Waals surface area contributed by atoms with E-state index in [1.165, 1.54) is 36.2 Å². The second-order valence-electron chi connectivity index (χ2n) is 12.0. The Bertz CT molecular complexity index is 1850. The highest BCUT2D eigenvalue weighted by molar-refractivity contribution is 7.21. The quantitative estimate of drug-likeness (QED) is 0.208. The monoisotopic (exact) mass is 612 g/mol. The molecule has 5 heterocycles. The Kier molecular flexibility index (Phi) is 7.55. The number of hydrogen-bond acceptors (Lipinski definition) is 6. The van der Waals surface area contributed by atoms with Crippen molar-refractivity contribution in [1.29, 1.82) is 0 Å². The number of fused-ring (bicyclic) bond motifs is 2. The van der Waals surface area contributed by atoms with Gasteiger partial charge in [0.05, 0.1) is 42.7 Å². The number of aromatic nitrogens is 3. The van der Waals surface area contributed by atoms with E-state index in [-0.39, 0.29) is 12.5 Å². The zero-order valence-corrected chi connectivity index (χ0v) is 26.3. The van der Waals surface area contributed by atoms with E-state index < -0.39 is 5.97 Å². The van der Waals surface area contributed by atoms with Crippen LogP contribution >= 0.6 is 22.7 Å². The lowest BCUT2D eigenvalue weighted by Gasteiger charge is -2.28. The normalized spacial score (nSPS) is 16.4. The molecule has 1 saturated heterocycles. The zero-order valence-electron chi connectivity index (χ0n) is 24.7. The van der Waals surface area contributed by atoms with E-state index in [1.807, 2.05) is 18.7 Å². The van der Waals surface area contributed by atoms with Crippen molar-refractivity contribution in [3.63, 3.8) is 0 Å². The van der Waals surface area contributed by atoms with Gasteiger partial charge in [-0.05, 0) is 87.3 Å². The molecule has 7 nitrogen and oxygen atoms in total. The summed E-state index contributed by atoms with van der Waals surface area (Å²) >= 11 is 3.03. The van der Waals surface area contributed by atoms with Gasteiger partial charge in [0.2, 0.25) is 5.91 Å². The predicted octanol–water partition coefficient (Wildman–Crippen LogP) is 8.42. The van der Waals surface area contributed by atoms with E-state index in [2.05, 4.69) is 39.9 Å². The van der Waals surface area contributed by atoms with Gasteiger partial charge in [-0.1, -0.05) is 31.4 Å². The average molecular weight is 613 g/mol. The van der Waals surface area contributed by atoms with E-state index in [0.717, 1.165) is 98.8 Å². The predicted molar refractivity (Wildman–Crippen MR) is 174 cm³/mol. The number of aromatic carboxylic acids is 1. The Labute approximate surface area is 259 Å². The van der Waals surface area contributed by atoms with Gasteiger partial charge >= 0.3 is 5.97 Å². The lowest BCUT2D eigenvalue weighted by molar-refractivity contribution is -0.132. The van der Waals surface area contributed by atoms with Gasteiger partial charge in [0, 0.05) is 18.5 Å². The van der Waals surface area contributed by atoms with Crippen molar-refractivity contribution in [2.75, 3.05) is 13.1 Å². The smallest absolute Gasteiger partial charge is 0.345 e. The highest BCUT2D eigenvalue weighted by Crippen LogP contribution is 2.47. The Morgan fingerprint density at radius 2 is 1.70 bits per heavy atom. The molecule has 222 valence electrons. The van der Waals surface area contributed by atoms with Gasteiger partial charge < -0.3 is 14.6 Å². The molecule has 0 bridgehead atoms. The molecule has 0 spiro atoms.